The van der Waals surface area contributed by atoms with Crippen LogP contribution < -0.4 is 10.6 Å². The highest BCUT2D eigenvalue weighted by molar-refractivity contribution is 7.90. The number of benzene rings is 1. The normalized spacial score (nSPS) is 17.5. The Balaban J connectivity index is 1.68. The number of carbonyl (C=O) groups excluding carboxylic acids is 1. The van der Waals surface area contributed by atoms with Crippen LogP contribution in [-0.2, 0) is 21.2 Å². The molecule has 0 spiro atoms. The van der Waals surface area contributed by atoms with Crippen molar-refractivity contribution in [3.63, 3.8) is 0 Å². The van der Waals surface area contributed by atoms with E-state index in [-0.39, 0.29) is 23.3 Å². The minimum atomic E-state index is -3.76. The van der Waals surface area contributed by atoms with Crippen LogP contribution in [0.15, 0.2) is 41.7 Å². The Bertz CT molecular complexity index is 1090. The molecule has 8 nitrogen and oxygen atoms in total. The first-order chi connectivity index (χ1) is 17.6. The average Bonchev–Trinajstić information content (AvgIpc) is 3.36. The first-order valence-electron chi connectivity index (χ1n) is 13.6. The fraction of sp³-hybridized carbons (Fsp3) is 0.643. The molecule has 3 atom stereocenters. The van der Waals surface area contributed by atoms with Crippen molar-refractivity contribution >= 4 is 15.9 Å². The fourth-order valence-corrected chi connectivity index (χ4v) is 6.19. The van der Waals surface area contributed by atoms with Gasteiger partial charge in [-0.1, -0.05) is 63.6 Å². The van der Waals surface area contributed by atoms with E-state index < -0.39 is 22.2 Å². The molecule has 2 aromatic rings. The molecule has 3 rings (SSSR count). The van der Waals surface area contributed by atoms with Gasteiger partial charge in [0, 0.05) is 12.6 Å². The predicted octanol–water partition coefficient (Wildman–Crippen LogP) is 3.81. The Morgan fingerprint density at radius 2 is 1.81 bits per heavy atom. The van der Waals surface area contributed by atoms with Gasteiger partial charge in [-0.15, -0.1) is 0 Å². The molecular formula is C28H44N4O4S. The van der Waals surface area contributed by atoms with Crippen molar-refractivity contribution in [2.24, 2.45) is 11.8 Å². The third-order valence-electron chi connectivity index (χ3n) is 7.43. The predicted molar refractivity (Wildman–Crippen MR) is 146 cm³/mol. The molecule has 1 aromatic carbocycles. The molecule has 0 saturated heterocycles. The molecule has 206 valence electrons. The zero-order valence-electron chi connectivity index (χ0n) is 22.7. The smallest absolute Gasteiger partial charge is 0.268 e. The second kappa shape index (κ2) is 13.5. The van der Waals surface area contributed by atoms with Crippen molar-refractivity contribution in [2.75, 3.05) is 7.05 Å². The van der Waals surface area contributed by atoms with Gasteiger partial charge in [0.1, 0.15) is 6.33 Å². The Kier molecular flexibility index (Phi) is 10.7. The quantitative estimate of drug-likeness (QED) is 0.362. The minimum Gasteiger partial charge on any atom is -0.391 e. The fourth-order valence-electron chi connectivity index (χ4n) is 5.03. The van der Waals surface area contributed by atoms with Gasteiger partial charge in [0.25, 0.3) is 10.0 Å². The van der Waals surface area contributed by atoms with Crippen LogP contribution in [0.2, 0.25) is 0 Å². The lowest BCUT2D eigenvalue weighted by molar-refractivity contribution is -0.124. The van der Waals surface area contributed by atoms with Crippen LogP contribution in [0.1, 0.15) is 76.5 Å². The molecule has 3 N–H and O–H groups in total. The van der Waals surface area contributed by atoms with Gasteiger partial charge in [0.15, 0.2) is 0 Å². The molecule has 0 aliphatic heterocycles. The van der Waals surface area contributed by atoms with Crippen molar-refractivity contribution in [1.82, 2.24) is 19.6 Å². The molecule has 1 fully saturated rings. The largest absolute Gasteiger partial charge is 0.391 e. The average molecular weight is 533 g/mol. The van der Waals surface area contributed by atoms with E-state index in [1.54, 1.807) is 31.3 Å². The van der Waals surface area contributed by atoms with Gasteiger partial charge in [-0.25, -0.2) is 17.4 Å². The van der Waals surface area contributed by atoms with E-state index in [1.165, 1.54) is 31.8 Å². The summed E-state index contributed by atoms with van der Waals surface area (Å²) in [5.41, 5.74) is 1.47. The molecule has 1 amide bonds. The number of aromatic nitrogens is 2. The topological polar surface area (TPSA) is 113 Å². The second-order valence-electron chi connectivity index (χ2n) is 11.0. The van der Waals surface area contributed by atoms with Crippen LogP contribution in [0.3, 0.4) is 0 Å². The molecule has 1 aromatic heterocycles. The van der Waals surface area contributed by atoms with Crippen LogP contribution in [0.25, 0.3) is 0 Å². The molecule has 37 heavy (non-hydrogen) atoms. The second-order valence-corrected chi connectivity index (χ2v) is 12.8. The summed E-state index contributed by atoms with van der Waals surface area (Å²) < 4.78 is 27.0. The maximum absolute atomic E-state index is 13.3. The Hall–Kier alpha value is -2.23. The van der Waals surface area contributed by atoms with Crippen LogP contribution in [0, 0.1) is 18.8 Å². The van der Waals surface area contributed by atoms with Crippen molar-refractivity contribution in [1.29, 1.82) is 0 Å². The van der Waals surface area contributed by atoms with Gasteiger partial charge in [-0.2, -0.15) is 0 Å². The zero-order valence-corrected chi connectivity index (χ0v) is 23.5. The number of aryl methyl sites for hydroxylation is 1. The SMILES string of the molecule is CN[C@@H](Cc1cn(S(=O)(=O)c2ccc(C)cc2)cn1)C(=O)N[C@@H](CC1CCCCC1)[C@@H](O)CCC(C)C. The van der Waals surface area contributed by atoms with Crippen LogP contribution in [-0.4, -0.2) is 53.6 Å². The third-order valence-corrected chi connectivity index (χ3v) is 9.05. The highest BCUT2D eigenvalue weighted by Gasteiger charge is 2.29. The first-order valence-corrected chi connectivity index (χ1v) is 15.0. The summed E-state index contributed by atoms with van der Waals surface area (Å²) in [4.78, 5) is 17.7. The number of aliphatic hydroxyl groups excluding tert-OH is 1. The van der Waals surface area contributed by atoms with Gasteiger partial charge in [0.05, 0.1) is 28.8 Å². The summed E-state index contributed by atoms with van der Waals surface area (Å²) in [5.74, 6) is 0.795. The highest BCUT2D eigenvalue weighted by atomic mass is 32.2. The van der Waals surface area contributed by atoms with E-state index in [0.717, 1.165) is 35.2 Å². The minimum absolute atomic E-state index is 0.186. The molecule has 1 aliphatic rings. The van der Waals surface area contributed by atoms with E-state index in [2.05, 4.69) is 29.5 Å². The summed E-state index contributed by atoms with van der Waals surface area (Å²) in [7, 11) is -2.05. The lowest BCUT2D eigenvalue weighted by Gasteiger charge is -2.31. The summed E-state index contributed by atoms with van der Waals surface area (Å²) in [6, 6.07) is 5.76. The molecule has 0 radical (unpaired) electrons. The third kappa shape index (κ3) is 8.38. The highest BCUT2D eigenvalue weighted by Crippen LogP contribution is 2.29. The summed E-state index contributed by atoms with van der Waals surface area (Å²) in [5, 5.41) is 17.1. The number of hydrogen-bond acceptors (Lipinski definition) is 6. The lowest BCUT2D eigenvalue weighted by Crippen LogP contribution is -2.52. The number of imidazole rings is 1. The molecular weight excluding hydrogens is 488 g/mol. The van der Waals surface area contributed by atoms with E-state index in [0.29, 0.717) is 24.0 Å². The Morgan fingerprint density at radius 3 is 2.43 bits per heavy atom. The van der Waals surface area contributed by atoms with Crippen LogP contribution >= 0.6 is 0 Å². The number of amides is 1. The van der Waals surface area contributed by atoms with Gasteiger partial charge < -0.3 is 15.7 Å². The molecule has 1 heterocycles. The monoisotopic (exact) mass is 532 g/mol. The van der Waals surface area contributed by atoms with Crippen molar-refractivity contribution in [3.05, 3.63) is 48.0 Å². The maximum atomic E-state index is 13.3. The summed E-state index contributed by atoms with van der Waals surface area (Å²) >= 11 is 0. The number of nitrogens with one attached hydrogen (secondary N) is 2. The number of hydrogen-bond donors (Lipinski definition) is 3. The molecule has 9 heteroatoms. The van der Waals surface area contributed by atoms with Crippen LogP contribution in [0.4, 0.5) is 0 Å². The van der Waals surface area contributed by atoms with Crippen molar-refractivity contribution in [2.45, 2.75) is 102 Å². The van der Waals surface area contributed by atoms with E-state index in [9.17, 15) is 18.3 Å². The first kappa shape index (κ1) is 29.3. The maximum Gasteiger partial charge on any atom is 0.268 e. The standard InChI is InChI=1S/C28H44N4O4S/c1-20(2)10-15-27(33)25(16-22-8-6-5-7-9-22)31-28(34)26(29-4)17-23-18-32(19-30-23)37(35,36)24-13-11-21(3)12-14-24/h11-14,18-20,22,25-27,29,33H,5-10,15-17H2,1-4H3,(H,31,34)/t25-,26-,27-/m0/s1. The van der Waals surface area contributed by atoms with E-state index in [1.807, 2.05) is 6.92 Å². The molecule has 1 saturated carbocycles. The van der Waals surface area contributed by atoms with Crippen LogP contribution in [0.5, 0.6) is 0 Å². The zero-order chi connectivity index (χ0) is 27.0. The van der Waals surface area contributed by atoms with Gasteiger partial charge in [-0.3, -0.25) is 4.79 Å². The molecule has 1 aliphatic carbocycles. The van der Waals surface area contributed by atoms with Gasteiger partial charge >= 0.3 is 0 Å². The van der Waals surface area contributed by atoms with Crippen molar-refractivity contribution < 1.29 is 18.3 Å². The molecule has 0 bridgehead atoms. The Labute approximate surface area is 222 Å². The number of carbonyl (C=O) groups is 1. The number of likely N-dealkylation sites (N-methyl/N-ethyl adjacent to an activating group) is 1. The molecule has 0 unspecified atom stereocenters. The van der Waals surface area contributed by atoms with E-state index >= 15 is 0 Å². The Morgan fingerprint density at radius 1 is 1.14 bits per heavy atom. The lowest BCUT2D eigenvalue weighted by atomic mass is 9.83. The van der Waals surface area contributed by atoms with E-state index in [4.69, 9.17) is 0 Å². The van der Waals surface area contributed by atoms with Crippen molar-refractivity contribution in [3.8, 4) is 0 Å². The number of aliphatic hydroxyl groups is 1. The summed E-state index contributed by atoms with van der Waals surface area (Å²) in [6.07, 6.45) is 10.7. The van der Waals surface area contributed by atoms with Gasteiger partial charge in [0.2, 0.25) is 5.91 Å². The summed E-state index contributed by atoms with van der Waals surface area (Å²) in [6.45, 7) is 6.17. The van der Waals surface area contributed by atoms with Gasteiger partial charge in [-0.05, 0) is 57.2 Å². The number of rotatable bonds is 13. The number of nitrogens with zero attached hydrogens (tertiary/aromatic N) is 2.